The van der Waals surface area contributed by atoms with Gasteiger partial charge >= 0.3 is 0 Å². The van der Waals surface area contributed by atoms with Gasteiger partial charge in [-0.3, -0.25) is 4.79 Å². The Morgan fingerprint density at radius 3 is 2.29 bits per heavy atom. The highest BCUT2D eigenvalue weighted by Crippen LogP contribution is 2.19. The molecule has 0 fully saturated rings. The van der Waals surface area contributed by atoms with Crippen LogP contribution >= 0.6 is 0 Å². The number of benzene rings is 2. The highest BCUT2D eigenvalue weighted by Gasteiger charge is 2.24. The summed E-state index contributed by atoms with van der Waals surface area (Å²) in [5.74, 6) is -5.91. The van der Waals surface area contributed by atoms with Crippen molar-refractivity contribution in [3.8, 4) is 0 Å². The van der Waals surface area contributed by atoms with Gasteiger partial charge in [-0.2, -0.15) is 0 Å². The van der Waals surface area contributed by atoms with Gasteiger partial charge in [0, 0.05) is 6.54 Å². The van der Waals surface area contributed by atoms with Crippen molar-refractivity contribution in [2.75, 3.05) is 6.54 Å². The monoisotopic (exact) mass is 358 g/mol. The number of halogens is 3. The lowest BCUT2D eigenvalue weighted by atomic mass is 10.2. The van der Waals surface area contributed by atoms with E-state index in [0.29, 0.717) is 12.1 Å². The maximum atomic E-state index is 13.5. The molecule has 0 saturated heterocycles. The van der Waals surface area contributed by atoms with Crippen LogP contribution in [0.25, 0.3) is 0 Å². The zero-order valence-electron chi connectivity index (χ0n) is 12.2. The molecule has 9 heteroatoms. The van der Waals surface area contributed by atoms with Crippen LogP contribution in [0.1, 0.15) is 5.56 Å². The third-order valence-electron chi connectivity index (χ3n) is 3.04. The third kappa shape index (κ3) is 4.33. The van der Waals surface area contributed by atoms with Crippen molar-refractivity contribution in [1.29, 1.82) is 0 Å². The summed E-state index contributed by atoms with van der Waals surface area (Å²) in [7, 11) is -4.50. The highest BCUT2D eigenvalue weighted by molar-refractivity contribution is 7.89. The predicted molar refractivity (Wildman–Crippen MR) is 79.8 cm³/mol. The molecule has 2 aromatic carbocycles. The minimum absolute atomic E-state index is 0.181. The molecule has 0 aliphatic rings. The molecule has 1 amide bonds. The molecule has 0 saturated carbocycles. The first-order valence-electron chi connectivity index (χ1n) is 6.75. The van der Waals surface area contributed by atoms with E-state index >= 15 is 0 Å². The van der Waals surface area contributed by atoms with Crippen LogP contribution < -0.4 is 10.0 Å². The van der Waals surface area contributed by atoms with Crippen LogP contribution in [0, 0.1) is 17.5 Å². The van der Waals surface area contributed by atoms with E-state index in [4.69, 9.17) is 0 Å². The van der Waals surface area contributed by atoms with Gasteiger partial charge < -0.3 is 5.32 Å². The lowest BCUT2D eigenvalue weighted by Crippen LogP contribution is -2.37. The summed E-state index contributed by atoms with van der Waals surface area (Å²) in [4.78, 5) is 10.6. The molecular formula is C15H13F3N2O3S. The number of nitrogens with one attached hydrogen (secondary N) is 2. The second-order valence-corrected chi connectivity index (χ2v) is 6.50. The van der Waals surface area contributed by atoms with Crippen LogP contribution in [-0.2, 0) is 21.4 Å². The molecule has 0 aromatic heterocycles. The maximum Gasteiger partial charge on any atom is 0.244 e. The fraction of sp³-hybridized carbons (Fsp3) is 0.133. The Kier molecular flexibility index (Phi) is 5.58. The first-order chi connectivity index (χ1) is 11.3. The summed E-state index contributed by atoms with van der Waals surface area (Å²) in [6.07, 6.45) is 0. The molecule has 128 valence electrons. The highest BCUT2D eigenvalue weighted by atomic mass is 32.2. The standard InChI is InChI=1S/C15H13F3N2O3S/c16-11-6-7-12(15(18)14(11)17)24(22,23)20-9-13(21)19-8-10-4-2-1-3-5-10/h1-7,20H,8-9H2,(H,19,21). The second kappa shape index (κ2) is 7.45. The second-order valence-electron chi connectivity index (χ2n) is 4.76. The van der Waals surface area contributed by atoms with Gasteiger partial charge in [-0.15, -0.1) is 0 Å². The van der Waals surface area contributed by atoms with Crippen molar-refractivity contribution >= 4 is 15.9 Å². The topological polar surface area (TPSA) is 75.3 Å². The van der Waals surface area contributed by atoms with Gasteiger partial charge in [-0.25, -0.2) is 26.3 Å². The van der Waals surface area contributed by atoms with Gasteiger partial charge in [-0.05, 0) is 17.7 Å². The van der Waals surface area contributed by atoms with Gasteiger partial charge in [0.1, 0.15) is 4.90 Å². The minimum Gasteiger partial charge on any atom is -0.351 e. The molecule has 0 unspecified atom stereocenters. The molecule has 0 aliphatic carbocycles. The Morgan fingerprint density at radius 2 is 1.62 bits per heavy atom. The van der Waals surface area contributed by atoms with E-state index in [2.05, 4.69) is 5.32 Å². The van der Waals surface area contributed by atoms with Crippen molar-refractivity contribution < 1.29 is 26.4 Å². The third-order valence-corrected chi connectivity index (χ3v) is 4.46. The molecule has 0 atom stereocenters. The lowest BCUT2D eigenvalue weighted by Gasteiger charge is -2.09. The van der Waals surface area contributed by atoms with Crippen molar-refractivity contribution in [2.24, 2.45) is 0 Å². The van der Waals surface area contributed by atoms with Crippen LogP contribution in [0.3, 0.4) is 0 Å². The zero-order chi connectivity index (χ0) is 17.7. The van der Waals surface area contributed by atoms with Crippen molar-refractivity contribution in [3.05, 3.63) is 65.5 Å². The molecule has 0 bridgehead atoms. The number of hydrogen-bond donors (Lipinski definition) is 2. The summed E-state index contributed by atoms with van der Waals surface area (Å²) in [6, 6.07) is 9.95. The average Bonchev–Trinajstić information content (AvgIpc) is 2.57. The summed E-state index contributed by atoms with van der Waals surface area (Å²) in [6.45, 7) is -0.492. The van der Waals surface area contributed by atoms with Gasteiger partial charge in [-0.1, -0.05) is 30.3 Å². The Balaban J connectivity index is 1.98. The molecule has 0 heterocycles. The van der Waals surface area contributed by atoms with E-state index in [1.54, 1.807) is 30.3 Å². The number of carbonyl (C=O) groups excluding carboxylic acids is 1. The number of amides is 1. The SMILES string of the molecule is O=C(CNS(=O)(=O)c1ccc(F)c(F)c1F)NCc1ccccc1. The number of sulfonamides is 1. The van der Waals surface area contributed by atoms with Crippen LogP contribution in [0.4, 0.5) is 13.2 Å². The number of hydrogen-bond acceptors (Lipinski definition) is 3. The van der Waals surface area contributed by atoms with E-state index in [-0.39, 0.29) is 6.54 Å². The van der Waals surface area contributed by atoms with Crippen molar-refractivity contribution in [1.82, 2.24) is 10.0 Å². The van der Waals surface area contributed by atoms with E-state index < -0.39 is 44.8 Å². The first kappa shape index (κ1) is 18.0. The fourth-order valence-electron chi connectivity index (χ4n) is 1.81. The quantitative estimate of drug-likeness (QED) is 0.772. The molecule has 5 nitrogen and oxygen atoms in total. The Morgan fingerprint density at radius 1 is 0.958 bits per heavy atom. The van der Waals surface area contributed by atoms with Gasteiger partial charge in [0.2, 0.25) is 15.9 Å². The van der Waals surface area contributed by atoms with Gasteiger partial charge in [0.25, 0.3) is 0 Å². The molecule has 2 rings (SSSR count). The predicted octanol–water partition coefficient (Wildman–Crippen LogP) is 1.70. The summed E-state index contributed by atoms with van der Waals surface area (Å²) in [5, 5.41) is 2.46. The van der Waals surface area contributed by atoms with E-state index in [0.717, 1.165) is 5.56 Å². The zero-order valence-corrected chi connectivity index (χ0v) is 13.0. The Labute approximate surface area is 136 Å². The largest absolute Gasteiger partial charge is 0.351 e. The normalized spacial score (nSPS) is 11.3. The molecule has 2 N–H and O–H groups in total. The summed E-state index contributed by atoms with van der Waals surface area (Å²) in [5.41, 5.74) is 0.806. The minimum atomic E-state index is -4.50. The van der Waals surface area contributed by atoms with Crippen LogP contribution in [-0.4, -0.2) is 20.9 Å². The summed E-state index contributed by atoms with van der Waals surface area (Å²) < 4.78 is 65.0. The van der Waals surface area contributed by atoms with Crippen molar-refractivity contribution in [2.45, 2.75) is 11.4 Å². The summed E-state index contributed by atoms with van der Waals surface area (Å²) >= 11 is 0. The number of carbonyl (C=O) groups is 1. The molecule has 0 radical (unpaired) electrons. The van der Waals surface area contributed by atoms with Gasteiger partial charge in [0.15, 0.2) is 17.5 Å². The van der Waals surface area contributed by atoms with Crippen molar-refractivity contribution in [3.63, 3.8) is 0 Å². The smallest absolute Gasteiger partial charge is 0.244 e. The maximum absolute atomic E-state index is 13.5. The molecular weight excluding hydrogens is 345 g/mol. The van der Waals surface area contributed by atoms with E-state index in [1.165, 1.54) is 0 Å². The molecule has 0 aliphatic heterocycles. The lowest BCUT2D eigenvalue weighted by molar-refractivity contribution is -0.120. The molecule has 24 heavy (non-hydrogen) atoms. The Hall–Kier alpha value is -2.39. The molecule has 2 aromatic rings. The first-order valence-corrected chi connectivity index (χ1v) is 8.23. The number of rotatable bonds is 6. The Bertz CT molecular complexity index is 843. The average molecular weight is 358 g/mol. The molecule has 0 spiro atoms. The van der Waals surface area contributed by atoms with Gasteiger partial charge in [0.05, 0.1) is 6.54 Å². The van der Waals surface area contributed by atoms with Crippen LogP contribution in [0.2, 0.25) is 0 Å². The van der Waals surface area contributed by atoms with E-state index in [9.17, 15) is 26.4 Å². The fourth-order valence-corrected chi connectivity index (χ4v) is 2.86. The van der Waals surface area contributed by atoms with E-state index in [1.807, 2.05) is 4.72 Å². The van der Waals surface area contributed by atoms with Crippen LogP contribution in [0.15, 0.2) is 47.4 Å². The van der Waals surface area contributed by atoms with Crippen LogP contribution in [0.5, 0.6) is 0 Å².